The Morgan fingerprint density at radius 1 is 1.17 bits per heavy atom. The highest BCUT2D eigenvalue weighted by atomic mass is 16.5. The third-order valence-corrected chi connectivity index (χ3v) is 2.03. The lowest BCUT2D eigenvalue weighted by Crippen LogP contribution is -2.30. The molecule has 1 amide bonds. The fraction of sp³-hybridized carbons (Fsp3) is 0.750. The molecule has 1 saturated carbocycles. The van der Waals surface area contributed by atoms with E-state index in [9.17, 15) is 9.59 Å². The molecular weight excluding hydrogens is 158 g/mol. The van der Waals surface area contributed by atoms with Crippen LogP contribution >= 0.6 is 0 Å². The normalized spacial score (nSPS) is 18.7. The molecule has 68 valence electrons. The van der Waals surface area contributed by atoms with E-state index in [0.29, 0.717) is 0 Å². The number of rotatable bonds is 1. The van der Waals surface area contributed by atoms with Gasteiger partial charge in [-0.05, 0) is 25.7 Å². The van der Waals surface area contributed by atoms with Crippen LogP contribution in [0.1, 0.15) is 32.1 Å². The molecule has 0 unspecified atom stereocenters. The Kier molecular flexibility index (Phi) is 3.08. The van der Waals surface area contributed by atoms with Crippen LogP contribution in [0.5, 0.6) is 0 Å². The predicted octanol–water partition coefficient (Wildman–Crippen LogP) is 0.348. The zero-order valence-electron chi connectivity index (χ0n) is 6.91. The Morgan fingerprint density at radius 3 is 2.25 bits per heavy atom. The second-order valence-electron chi connectivity index (χ2n) is 3.03. The number of hydrogen-bond acceptors (Lipinski definition) is 3. The van der Waals surface area contributed by atoms with Crippen LogP contribution in [0.3, 0.4) is 0 Å². The van der Waals surface area contributed by atoms with Crippen LogP contribution in [0, 0.1) is 0 Å². The molecule has 1 aliphatic carbocycles. The summed E-state index contributed by atoms with van der Waals surface area (Å²) in [6.45, 7) is 0. The van der Waals surface area contributed by atoms with Gasteiger partial charge in [0.15, 0.2) is 0 Å². The van der Waals surface area contributed by atoms with Crippen LogP contribution in [0.15, 0.2) is 0 Å². The van der Waals surface area contributed by atoms with Gasteiger partial charge in [-0.25, -0.2) is 4.79 Å². The third kappa shape index (κ3) is 2.53. The van der Waals surface area contributed by atoms with Gasteiger partial charge in [0.1, 0.15) is 6.10 Å². The van der Waals surface area contributed by atoms with Gasteiger partial charge in [-0.15, -0.1) is 0 Å². The van der Waals surface area contributed by atoms with E-state index < -0.39 is 11.9 Å². The highest BCUT2D eigenvalue weighted by molar-refractivity contribution is 6.31. The number of hydrogen-bond donors (Lipinski definition) is 1. The van der Waals surface area contributed by atoms with Crippen LogP contribution in [0.25, 0.3) is 0 Å². The number of amides is 1. The Hall–Kier alpha value is -1.06. The van der Waals surface area contributed by atoms with Gasteiger partial charge < -0.3 is 10.5 Å². The maximum Gasteiger partial charge on any atom is 0.396 e. The van der Waals surface area contributed by atoms with Crippen LogP contribution in [-0.4, -0.2) is 18.0 Å². The summed E-state index contributed by atoms with van der Waals surface area (Å²) in [5.74, 6) is -1.90. The van der Waals surface area contributed by atoms with Gasteiger partial charge >= 0.3 is 11.9 Å². The van der Waals surface area contributed by atoms with Crippen molar-refractivity contribution in [1.82, 2.24) is 0 Å². The first-order chi connectivity index (χ1) is 5.70. The zero-order chi connectivity index (χ0) is 8.97. The molecule has 0 aromatic rings. The molecule has 0 bridgehead atoms. The smallest absolute Gasteiger partial charge is 0.396 e. The summed E-state index contributed by atoms with van der Waals surface area (Å²) in [6.07, 6.45) is 4.95. The van der Waals surface area contributed by atoms with Crippen molar-refractivity contribution in [2.75, 3.05) is 0 Å². The van der Waals surface area contributed by atoms with Gasteiger partial charge in [-0.3, -0.25) is 4.79 Å². The topological polar surface area (TPSA) is 69.4 Å². The summed E-state index contributed by atoms with van der Waals surface area (Å²) in [7, 11) is 0. The standard InChI is InChI=1S/C8H13NO3/c9-7(10)8(11)12-6-4-2-1-3-5-6/h6H,1-5H2,(H2,9,10). The number of esters is 1. The summed E-state index contributed by atoms with van der Waals surface area (Å²) >= 11 is 0. The first-order valence-corrected chi connectivity index (χ1v) is 4.20. The number of carbonyl (C=O) groups is 2. The minimum Gasteiger partial charge on any atom is -0.455 e. The Balaban J connectivity index is 2.29. The lowest BCUT2D eigenvalue weighted by atomic mass is 9.98. The average molecular weight is 171 g/mol. The van der Waals surface area contributed by atoms with E-state index >= 15 is 0 Å². The molecule has 0 atom stereocenters. The van der Waals surface area contributed by atoms with Crippen LogP contribution in [0.2, 0.25) is 0 Å². The van der Waals surface area contributed by atoms with Crippen molar-refractivity contribution in [3.8, 4) is 0 Å². The highest BCUT2D eigenvalue weighted by Crippen LogP contribution is 2.20. The van der Waals surface area contributed by atoms with Crippen molar-refractivity contribution in [3.63, 3.8) is 0 Å². The minimum absolute atomic E-state index is 0.0845. The molecule has 1 fully saturated rings. The van der Waals surface area contributed by atoms with Crippen molar-refractivity contribution >= 4 is 11.9 Å². The molecule has 4 heteroatoms. The molecule has 0 aromatic heterocycles. The van der Waals surface area contributed by atoms with E-state index in [0.717, 1.165) is 25.7 Å². The van der Waals surface area contributed by atoms with E-state index in [2.05, 4.69) is 0 Å². The monoisotopic (exact) mass is 171 g/mol. The van der Waals surface area contributed by atoms with Crippen molar-refractivity contribution < 1.29 is 14.3 Å². The van der Waals surface area contributed by atoms with Gasteiger partial charge in [0, 0.05) is 0 Å². The average Bonchev–Trinajstić information content (AvgIpc) is 2.06. The molecule has 0 radical (unpaired) electrons. The van der Waals surface area contributed by atoms with E-state index in [-0.39, 0.29) is 6.10 Å². The molecule has 0 saturated heterocycles. The van der Waals surface area contributed by atoms with E-state index in [1.165, 1.54) is 6.42 Å². The maximum absolute atomic E-state index is 10.7. The third-order valence-electron chi connectivity index (χ3n) is 2.03. The number of primary amides is 1. The van der Waals surface area contributed by atoms with E-state index in [1.54, 1.807) is 0 Å². The second-order valence-corrected chi connectivity index (χ2v) is 3.03. The Labute approximate surface area is 71.1 Å². The summed E-state index contributed by atoms with van der Waals surface area (Å²) in [5.41, 5.74) is 4.74. The van der Waals surface area contributed by atoms with Crippen molar-refractivity contribution in [1.29, 1.82) is 0 Å². The number of nitrogens with two attached hydrogens (primary N) is 1. The second kappa shape index (κ2) is 4.09. The number of carbonyl (C=O) groups excluding carboxylic acids is 2. The fourth-order valence-electron chi connectivity index (χ4n) is 1.39. The maximum atomic E-state index is 10.7. The fourth-order valence-corrected chi connectivity index (χ4v) is 1.39. The molecule has 1 rings (SSSR count). The summed E-state index contributed by atoms with van der Waals surface area (Å²) < 4.78 is 4.84. The lowest BCUT2D eigenvalue weighted by Gasteiger charge is -2.20. The molecule has 1 aliphatic rings. The lowest BCUT2D eigenvalue weighted by molar-refractivity contribution is -0.158. The zero-order valence-corrected chi connectivity index (χ0v) is 6.91. The molecule has 4 nitrogen and oxygen atoms in total. The molecular formula is C8H13NO3. The molecule has 0 heterocycles. The quantitative estimate of drug-likeness (QED) is 0.457. The largest absolute Gasteiger partial charge is 0.455 e. The van der Waals surface area contributed by atoms with Gasteiger partial charge in [0.2, 0.25) is 0 Å². The van der Waals surface area contributed by atoms with Gasteiger partial charge in [-0.2, -0.15) is 0 Å². The molecule has 0 spiro atoms. The summed E-state index contributed by atoms with van der Waals surface area (Å²) in [6, 6.07) is 0. The van der Waals surface area contributed by atoms with Crippen LogP contribution in [-0.2, 0) is 14.3 Å². The molecule has 0 aliphatic heterocycles. The van der Waals surface area contributed by atoms with Crippen LogP contribution in [0.4, 0.5) is 0 Å². The Bertz CT molecular complexity index is 185. The number of ether oxygens (including phenoxy) is 1. The van der Waals surface area contributed by atoms with Crippen molar-refractivity contribution in [2.24, 2.45) is 5.73 Å². The molecule has 0 aromatic carbocycles. The minimum atomic E-state index is -0.999. The first-order valence-electron chi connectivity index (χ1n) is 4.20. The SMILES string of the molecule is NC(=O)C(=O)OC1CCCCC1. The van der Waals surface area contributed by atoms with Gasteiger partial charge in [0.25, 0.3) is 0 Å². The van der Waals surface area contributed by atoms with Crippen molar-refractivity contribution in [3.05, 3.63) is 0 Å². The Morgan fingerprint density at radius 2 is 1.75 bits per heavy atom. The molecule has 2 N–H and O–H groups in total. The van der Waals surface area contributed by atoms with Crippen molar-refractivity contribution in [2.45, 2.75) is 38.2 Å². The summed E-state index contributed by atoms with van der Waals surface area (Å²) in [5, 5.41) is 0. The van der Waals surface area contributed by atoms with E-state index in [4.69, 9.17) is 10.5 Å². The predicted molar refractivity (Wildman–Crippen MR) is 42.2 cm³/mol. The van der Waals surface area contributed by atoms with Gasteiger partial charge in [0.05, 0.1) is 0 Å². The summed E-state index contributed by atoms with van der Waals surface area (Å²) in [4.78, 5) is 21.0. The van der Waals surface area contributed by atoms with E-state index in [1.807, 2.05) is 0 Å². The highest BCUT2D eigenvalue weighted by Gasteiger charge is 2.20. The first kappa shape index (κ1) is 9.03. The van der Waals surface area contributed by atoms with Crippen LogP contribution < -0.4 is 5.73 Å². The van der Waals surface area contributed by atoms with Gasteiger partial charge in [-0.1, -0.05) is 6.42 Å². The molecule has 12 heavy (non-hydrogen) atoms.